The minimum Gasteiger partial charge on any atom is -0.479 e. The van der Waals surface area contributed by atoms with Gasteiger partial charge in [-0.15, -0.1) is 0 Å². The molecule has 0 saturated carbocycles. The van der Waals surface area contributed by atoms with Gasteiger partial charge < -0.3 is 15.5 Å². The van der Waals surface area contributed by atoms with Gasteiger partial charge in [-0.2, -0.15) is 0 Å². The Morgan fingerprint density at radius 3 is 2.84 bits per heavy atom. The molecular formula is C13H16N2O4. The van der Waals surface area contributed by atoms with Crippen LogP contribution in [0.4, 0.5) is 10.5 Å². The lowest BCUT2D eigenvalue weighted by atomic mass is 10.0. The molecule has 2 amide bonds. The predicted molar refractivity (Wildman–Crippen MR) is 69.2 cm³/mol. The highest BCUT2D eigenvalue weighted by Gasteiger charge is 2.23. The van der Waals surface area contributed by atoms with Crippen molar-refractivity contribution in [2.45, 2.75) is 18.9 Å². The van der Waals surface area contributed by atoms with Crippen molar-refractivity contribution < 1.29 is 19.8 Å². The number of urea groups is 1. The average molecular weight is 264 g/mol. The van der Waals surface area contributed by atoms with Crippen molar-refractivity contribution in [3.8, 4) is 0 Å². The lowest BCUT2D eigenvalue weighted by molar-refractivity contribution is -0.146. The number of fused-ring (bicyclic) bond motifs is 1. The summed E-state index contributed by atoms with van der Waals surface area (Å²) in [4.78, 5) is 24.0. The van der Waals surface area contributed by atoms with Gasteiger partial charge >= 0.3 is 12.0 Å². The Labute approximate surface area is 110 Å². The van der Waals surface area contributed by atoms with Gasteiger partial charge in [0, 0.05) is 12.2 Å². The zero-order chi connectivity index (χ0) is 13.8. The number of rotatable bonds is 3. The summed E-state index contributed by atoms with van der Waals surface area (Å²) in [7, 11) is 0. The largest absolute Gasteiger partial charge is 0.479 e. The van der Waals surface area contributed by atoms with Crippen molar-refractivity contribution >= 4 is 17.7 Å². The predicted octanol–water partition coefficient (Wildman–Crippen LogP) is 0.594. The highest BCUT2D eigenvalue weighted by molar-refractivity contribution is 5.93. The summed E-state index contributed by atoms with van der Waals surface area (Å²) < 4.78 is 0. The lowest BCUT2D eigenvalue weighted by Crippen LogP contribution is -2.46. The van der Waals surface area contributed by atoms with Crippen LogP contribution in [0.25, 0.3) is 0 Å². The third kappa shape index (κ3) is 3.03. The number of amides is 2. The number of nitrogens with one attached hydrogen (secondary N) is 1. The Kier molecular flexibility index (Phi) is 4.01. The number of anilines is 1. The Morgan fingerprint density at radius 2 is 2.11 bits per heavy atom. The second-order valence-electron chi connectivity index (χ2n) is 4.42. The summed E-state index contributed by atoms with van der Waals surface area (Å²) in [5.41, 5.74) is 1.94. The van der Waals surface area contributed by atoms with Gasteiger partial charge in [-0.25, -0.2) is 9.59 Å². The first-order valence-electron chi connectivity index (χ1n) is 6.13. The highest BCUT2D eigenvalue weighted by Crippen LogP contribution is 2.26. The molecule has 0 saturated heterocycles. The fourth-order valence-corrected chi connectivity index (χ4v) is 2.11. The molecule has 19 heavy (non-hydrogen) atoms. The third-order valence-electron chi connectivity index (χ3n) is 3.09. The Hall–Kier alpha value is -2.08. The van der Waals surface area contributed by atoms with Gasteiger partial charge in [0.15, 0.2) is 6.10 Å². The molecule has 0 radical (unpaired) electrons. The number of aliphatic hydroxyl groups excluding tert-OH is 1. The number of carboxylic acids is 1. The monoisotopic (exact) mass is 264 g/mol. The van der Waals surface area contributed by atoms with Crippen LogP contribution in [-0.2, 0) is 11.2 Å². The van der Waals surface area contributed by atoms with Crippen LogP contribution in [0.3, 0.4) is 0 Å². The first-order valence-corrected chi connectivity index (χ1v) is 6.13. The highest BCUT2D eigenvalue weighted by atomic mass is 16.4. The summed E-state index contributed by atoms with van der Waals surface area (Å²) in [5, 5.41) is 20.1. The number of aliphatic carboxylic acids is 1. The van der Waals surface area contributed by atoms with E-state index in [0.717, 1.165) is 24.1 Å². The molecule has 1 aromatic carbocycles. The molecule has 0 bridgehead atoms. The molecular weight excluding hydrogens is 248 g/mol. The minimum absolute atomic E-state index is 0.299. The van der Waals surface area contributed by atoms with E-state index in [2.05, 4.69) is 5.32 Å². The number of carbonyl (C=O) groups excluding carboxylic acids is 1. The maximum absolute atomic E-state index is 12.0. The molecule has 6 nitrogen and oxygen atoms in total. The van der Waals surface area contributed by atoms with Crippen molar-refractivity contribution in [2.75, 3.05) is 18.0 Å². The Balaban J connectivity index is 2.03. The van der Waals surface area contributed by atoms with Crippen molar-refractivity contribution in [3.05, 3.63) is 29.8 Å². The van der Waals surface area contributed by atoms with E-state index < -0.39 is 12.1 Å². The van der Waals surface area contributed by atoms with Gasteiger partial charge in [0.1, 0.15) is 0 Å². The van der Waals surface area contributed by atoms with Gasteiger partial charge in [-0.05, 0) is 24.5 Å². The fraction of sp³-hybridized carbons (Fsp3) is 0.385. The number of nitrogens with zero attached hydrogens (tertiary/aromatic N) is 1. The maximum atomic E-state index is 12.0. The van der Waals surface area contributed by atoms with Crippen molar-refractivity contribution in [2.24, 2.45) is 0 Å². The number of carboxylic acid groups (broad SMARTS) is 1. The van der Waals surface area contributed by atoms with Gasteiger partial charge in [-0.1, -0.05) is 18.2 Å². The SMILES string of the molecule is O=C(O)[C@@H](O)CNC(=O)N1CCCc2ccccc21. The average Bonchev–Trinajstić information content (AvgIpc) is 2.43. The topological polar surface area (TPSA) is 89.9 Å². The molecule has 0 fully saturated rings. The second kappa shape index (κ2) is 5.71. The summed E-state index contributed by atoms with van der Waals surface area (Å²) in [5.74, 6) is -1.35. The van der Waals surface area contributed by atoms with E-state index in [0.29, 0.717) is 6.54 Å². The smallest absolute Gasteiger partial charge is 0.334 e. The first kappa shape index (κ1) is 13.4. The fourth-order valence-electron chi connectivity index (χ4n) is 2.11. The number of aryl methyl sites for hydroxylation is 1. The third-order valence-corrected chi connectivity index (χ3v) is 3.09. The van der Waals surface area contributed by atoms with Gasteiger partial charge in [0.25, 0.3) is 0 Å². The second-order valence-corrected chi connectivity index (χ2v) is 4.42. The van der Waals surface area contributed by atoms with Crippen LogP contribution in [0.15, 0.2) is 24.3 Å². The van der Waals surface area contributed by atoms with E-state index in [1.807, 2.05) is 24.3 Å². The molecule has 1 aliphatic rings. The van der Waals surface area contributed by atoms with Crippen molar-refractivity contribution in [3.63, 3.8) is 0 Å². The molecule has 6 heteroatoms. The van der Waals surface area contributed by atoms with Crippen LogP contribution >= 0.6 is 0 Å². The van der Waals surface area contributed by atoms with Gasteiger partial charge in [0.2, 0.25) is 0 Å². The zero-order valence-corrected chi connectivity index (χ0v) is 10.4. The van der Waals surface area contributed by atoms with E-state index in [4.69, 9.17) is 10.2 Å². The number of hydrogen-bond donors (Lipinski definition) is 3. The van der Waals surface area contributed by atoms with Crippen LogP contribution in [0.2, 0.25) is 0 Å². The number of hydrogen-bond acceptors (Lipinski definition) is 3. The normalized spacial score (nSPS) is 15.5. The van der Waals surface area contributed by atoms with Crippen molar-refractivity contribution in [1.29, 1.82) is 0 Å². The summed E-state index contributed by atoms with van der Waals surface area (Å²) in [6.07, 6.45) is 0.216. The number of aliphatic hydroxyl groups is 1. The molecule has 0 aliphatic carbocycles. The summed E-state index contributed by atoms with van der Waals surface area (Å²) >= 11 is 0. The quantitative estimate of drug-likeness (QED) is 0.745. The molecule has 102 valence electrons. The van der Waals surface area contributed by atoms with Crippen LogP contribution in [0.1, 0.15) is 12.0 Å². The van der Waals surface area contributed by atoms with Crippen molar-refractivity contribution in [1.82, 2.24) is 5.32 Å². The molecule has 0 spiro atoms. The molecule has 2 rings (SSSR count). The molecule has 1 aromatic rings. The summed E-state index contributed by atoms with van der Waals surface area (Å²) in [6.45, 7) is 0.291. The van der Waals surface area contributed by atoms with E-state index in [1.165, 1.54) is 0 Å². The van der Waals surface area contributed by atoms with E-state index >= 15 is 0 Å². The molecule has 1 heterocycles. The molecule has 1 aliphatic heterocycles. The van der Waals surface area contributed by atoms with E-state index in [-0.39, 0.29) is 12.6 Å². The van der Waals surface area contributed by atoms with Crippen LogP contribution in [0, 0.1) is 0 Å². The number of para-hydroxylation sites is 1. The Morgan fingerprint density at radius 1 is 1.37 bits per heavy atom. The zero-order valence-electron chi connectivity index (χ0n) is 10.4. The van der Waals surface area contributed by atoms with Crippen LogP contribution < -0.4 is 10.2 Å². The lowest BCUT2D eigenvalue weighted by Gasteiger charge is -2.29. The minimum atomic E-state index is -1.58. The number of benzene rings is 1. The summed E-state index contributed by atoms with van der Waals surface area (Å²) in [6, 6.07) is 7.24. The van der Waals surface area contributed by atoms with E-state index in [9.17, 15) is 9.59 Å². The van der Waals surface area contributed by atoms with Gasteiger partial charge in [0.05, 0.1) is 6.54 Å². The molecule has 3 N–H and O–H groups in total. The molecule has 0 aromatic heterocycles. The maximum Gasteiger partial charge on any atom is 0.334 e. The molecule has 0 unspecified atom stereocenters. The van der Waals surface area contributed by atoms with Gasteiger partial charge in [-0.3, -0.25) is 4.90 Å². The Bertz CT molecular complexity index is 489. The first-order chi connectivity index (χ1) is 9.09. The number of carbonyl (C=O) groups is 2. The van der Waals surface area contributed by atoms with E-state index in [1.54, 1.807) is 4.90 Å². The standard InChI is InChI=1S/C13H16N2O4/c16-11(12(17)18)8-14-13(19)15-7-3-5-9-4-1-2-6-10(9)15/h1-2,4,6,11,16H,3,5,7-8H2,(H,14,19)(H,17,18)/t11-/m0/s1. The van der Waals surface area contributed by atoms with Crippen LogP contribution in [-0.4, -0.2) is 41.4 Å². The molecule has 1 atom stereocenters. The van der Waals surface area contributed by atoms with Crippen LogP contribution in [0.5, 0.6) is 0 Å².